The zero-order valence-corrected chi connectivity index (χ0v) is 12.3. The van der Waals surface area contributed by atoms with Gasteiger partial charge in [-0.2, -0.15) is 0 Å². The number of aryl methyl sites for hydroxylation is 2. The molecule has 1 aromatic heterocycles. The van der Waals surface area contributed by atoms with Gasteiger partial charge in [0.25, 0.3) is 5.91 Å². The molecule has 2 amide bonds. The van der Waals surface area contributed by atoms with Crippen molar-refractivity contribution in [2.75, 3.05) is 7.05 Å². The molecule has 1 aliphatic rings. The number of imidazole rings is 1. The molecular weight excluding hydrogens is 270 g/mol. The van der Waals surface area contributed by atoms with Crippen molar-refractivity contribution in [3.05, 3.63) is 34.2 Å². The van der Waals surface area contributed by atoms with Crippen molar-refractivity contribution in [3.63, 3.8) is 0 Å². The van der Waals surface area contributed by atoms with Crippen LogP contribution in [0.3, 0.4) is 0 Å². The number of likely N-dealkylation sites (tertiary alicyclic amines) is 1. The summed E-state index contributed by atoms with van der Waals surface area (Å²) in [7, 11) is 3.17. The largest absolute Gasteiger partial charge is 0.329 e. The number of fused-ring (bicyclic) bond motifs is 1. The lowest BCUT2D eigenvalue weighted by atomic mass is 10.0. The van der Waals surface area contributed by atoms with Gasteiger partial charge in [-0.25, -0.2) is 4.79 Å². The quantitative estimate of drug-likeness (QED) is 0.734. The van der Waals surface area contributed by atoms with Crippen molar-refractivity contribution in [3.8, 4) is 0 Å². The molecule has 1 fully saturated rings. The van der Waals surface area contributed by atoms with Crippen molar-refractivity contribution in [2.24, 2.45) is 7.05 Å². The fourth-order valence-electron chi connectivity index (χ4n) is 2.91. The van der Waals surface area contributed by atoms with E-state index in [1.807, 2.05) is 25.1 Å². The second-order valence-corrected chi connectivity index (χ2v) is 5.55. The number of piperidine rings is 1. The van der Waals surface area contributed by atoms with E-state index in [0.717, 1.165) is 21.5 Å². The first-order chi connectivity index (χ1) is 9.91. The number of nitrogens with zero attached hydrogens (tertiary/aromatic N) is 3. The molecule has 1 unspecified atom stereocenters. The van der Waals surface area contributed by atoms with Crippen LogP contribution in [-0.4, -0.2) is 32.9 Å². The maximum atomic E-state index is 12.5. The predicted octanol–water partition coefficient (Wildman–Crippen LogP) is 0.968. The summed E-state index contributed by atoms with van der Waals surface area (Å²) >= 11 is 0. The molecule has 0 aliphatic carbocycles. The summed E-state index contributed by atoms with van der Waals surface area (Å²) in [4.78, 5) is 37.6. The van der Waals surface area contributed by atoms with Gasteiger partial charge in [-0.15, -0.1) is 0 Å². The molecule has 6 heteroatoms. The van der Waals surface area contributed by atoms with Crippen molar-refractivity contribution in [2.45, 2.75) is 25.8 Å². The van der Waals surface area contributed by atoms with E-state index in [2.05, 4.69) is 0 Å². The third kappa shape index (κ3) is 1.90. The van der Waals surface area contributed by atoms with E-state index in [4.69, 9.17) is 0 Å². The fraction of sp³-hybridized carbons (Fsp3) is 0.400. The Kier molecular flexibility index (Phi) is 2.97. The zero-order chi connectivity index (χ0) is 15.3. The molecule has 1 saturated heterocycles. The minimum Gasteiger partial charge on any atom is -0.295 e. The molecule has 2 heterocycles. The molecule has 110 valence electrons. The van der Waals surface area contributed by atoms with Crippen LogP contribution in [0.25, 0.3) is 11.0 Å². The number of likely N-dealkylation sites (N-methyl/N-ethyl adjacent to an activating group) is 1. The fourth-order valence-corrected chi connectivity index (χ4v) is 2.91. The summed E-state index contributed by atoms with van der Waals surface area (Å²) in [5, 5.41) is 0. The van der Waals surface area contributed by atoms with Crippen molar-refractivity contribution in [1.82, 2.24) is 14.0 Å². The third-order valence-electron chi connectivity index (χ3n) is 4.18. The van der Waals surface area contributed by atoms with Crippen LogP contribution in [0.2, 0.25) is 0 Å². The van der Waals surface area contributed by atoms with Gasteiger partial charge >= 0.3 is 5.69 Å². The summed E-state index contributed by atoms with van der Waals surface area (Å²) in [6, 6.07) is 5.10. The Morgan fingerprint density at radius 1 is 1.10 bits per heavy atom. The van der Waals surface area contributed by atoms with Crippen LogP contribution >= 0.6 is 0 Å². The number of amides is 2. The third-order valence-corrected chi connectivity index (χ3v) is 4.18. The van der Waals surface area contributed by atoms with Gasteiger partial charge in [-0.1, -0.05) is 6.07 Å². The lowest BCUT2D eigenvalue weighted by Crippen LogP contribution is -2.45. The Balaban J connectivity index is 2.21. The van der Waals surface area contributed by atoms with Crippen LogP contribution in [0.4, 0.5) is 0 Å². The van der Waals surface area contributed by atoms with E-state index < -0.39 is 6.04 Å². The minimum absolute atomic E-state index is 0.194. The zero-order valence-electron chi connectivity index (χ0n) is 12.3. The van der Waals surface area contributed by atoms with Gasteiger partial charge in [0.15, 0.2) is 0 Å². The average molecular weight is 287 g/mol. The van der Waals surface area contributed by atoms with Gasteiger partial charge in [0, 0.05) is 20.5 Å². The standard InChI is InChI=1S/C15H17N3O3/c1-9-4-5-10-12(8-9)16(2)15(21)18(10)11-6-7-13(19)17(3)14(11)20/h4-5,8,11H,6-7H2,1-3H3. The number of aromatic nitrogens is 2. The summed E-state index contributed by atoms with van der Waals surface area (Å²) < 4.78 is 3.06. The van der Waals surface area contributed by atoms with Crippen LogP contribution in [0.5, 0.6) is 0 Å². The SMILES string of the molecule is Cc1ccc2c(c1)n(C)c(=O)n2C1CCC(=O)N(C)C1=O. The molecule has 1 aliphatic heterocycles. The van der Waals surface area contributed by atoms with Gasteiger partial charge < -0.3 is 0 Å². The lowest BCUT2D eigenvalue weighted by molar-refractivity contribution is -0.149. The molecule has 1 atom stereocenters. The Labute approximate surface area is 121 Å². The molecule has 0 bridgehead atoms. The summed E-state index contributed by atoms with van der Waals surface area (Å²) in [5.41, 5.74) is 2.36. The van der Waals surface area contributed by atoms with Crippen LogP contribution in [0, 0.1) is 6.92 Å². The van der Waals surface area contributed by atoms with E-state index in [-0.39, 0.29) is 23.9 Å². The second-order valence-electron chi connectivity index (χ2n) is 5.55. The Morgan fingerprint density at radius 2 is 1.81 bits per heavy atom. The molecular formula is C15H17N3O3. The van der Waals surface area contributed by atoms with Crippen LogP contribution in [0.15, 0.2) is 23.0 Å². The van der Waals surface area contributed by atoms with Crippen LogP contribution in [0.1, 0.15) is 24.4 Å². The van der Waals surface area contributed by atoms with Gasteiger partial charge in [-0.3, -0.25) is 23.6 Å². The first-order valence-corrected chi connectivity index (χ1v) is 6.90. The molecule has 6 nitrogen and oxygen atoms in total. The Morgan fingerprint density at radius 3 is 2.52 bits per heavy atom. The lowest BCUT2D eigenvalue weighted by Gasteiger charge is -2.28. The molecule has 0 saturated carbocycles. The number of benzene rings is 1. The highest BCUT2D eigenvalue weighted by Crippen LogP contribution is 2.26. The second kappa shape index (κ2) is 4.58. The summed E-state index contributed by atoms with van der Waals surface area (Å²) in [5.74, 6) is -0.512. The minimum atomic E-state index is -0.605. The van der Waals surface area contributed by atoms with Crippen molar-refractivity contribution >= 4 is 22.8 Å². The van der Waals surface area contributed by atoms with Gasteiger partial charge in [-0.05, 0) is 31.0 Å². The van der Waals surface area contributed by atoms with E-state index in [1.165, 1.54) is 11.6 Å². The number of rotatable bonds is 1. The van der Waals surface area contributed by atoms with E-state index in [1.54, 1.807) is 11.6 Å². The first-order valence-electron chi connectivity index (χ1n) is 6.90. The Bertz CT molecular complexity index is 815. The van der Waals surface area contributed by atoms with E-state index >= 15 is 0 Å². The molecule has 2 aromatic rings. The molecule has 0 radical (unpaired) electrons. The molecule has 3 rings (SSSR count). The number of carbonyl (C=O) groups excluding carboxylic acids is 2. The predicted molar refractivity (Wildman–Crippen MR) is 78.0 cm³/mol. The molecule has 0 spiro atoms. The van der Waals surface area contributed by atoms with E-state index in [9.17, 15) is 14.4 Å². The summed E-state index contributed by atoms with van der Waals surface area (Å²) in [6.45, 7) is 1.96. The Hall–Kier alpha value is -2.37. The first kappa shape index (κ1) is 13.6. The number of imide groups is 1. The molecule has 0 N–H and O–H groups in total. The van der Waals surface area contributed by atoms with Crippen molar-refractivity contribution in [1.29, 1.82) is 0 Å². The highest BCUT2D eigenvalue weighted by Gasteiger charge is 2.35. The van der Waals surface area contributed by atoms with E-state index in [0.29, 0.717) is 6.42 Å². The number of carbonyl (C=O) groups is 2. The van der Waals surface area contributed by atoms with Crippen LogP contribution < -0.4 is 5.69 Å². The smallest absolute Gasteiger partial charge is 0.295 e. The average Bonchev–Trinajstić information content (AvgIpc) is 2.70. The maximum Gasteiger partial charge on any atom is 0.329 e. The topological polar surface area (TPSA) is 64.3 Å². The number of hydrogen-bond acceptors (Lipinski definition) is 3. The highest BCUT2D eigenvalue weighted by molar-refractivity contribution is 5.99. The van der Waals surface area contributed by atoms with Gasteiger partial charge in [0.05, 0.1) is 11.0 Å². The molecule has 21 heavy (non-hydrogen) atoms. The van der Waals surface area contributed by atoms with Crippen molar-refractivity contribution < 1.29 is 9.59 Å². The number of hydrogen-bond donors (Lipinski definition) is 0. The molecule has 1 aromatic carbocycles. The van der Waals surface area contributed by atoms with Gasteiger partial charge in [0.1, 0.15) is 6.04 Å². The normalized spacial score (nSPS) is 19.6. The monoisotopic (exact) mass is 287 g/mol. The van der Waals surface area contributed by atoms with Gasteiger partial charge in [0.2, 0.25) is 5.91 Å². The maximum absolute atomic E-state index is 12.5. The van der Waals surface area contributed by atoms with Crippen LogP contribution in [-0.2, 0) is 16.6 Å². The summed E-state index contributed by atoms with van der Waals surface area (Å²) in [6.07, 6.45) is 0.649. The highest BCUT2D eigenvalue weighted by atomic mass is 16.2.